The number of methoxy groups -OCH3 is 1. The van der Waals surface area contributed by atoms with Crippen LogP contribution in [0.25, 0.3) is 0 Å². The molecule has 0 spiro atoms. The van der Waals surface area contributed by atoms with Crippen molar-refractivity contribution in [3.05, 3.63) is 65.0 Å². The van der Waals surface area contributed by atoms with Crippen LogP contribution < -0.4 is 4.74 Å². The number of nitrogens with zero attached hydrogens (tertiary/aromatic N) is 5. The summed E-state index contributed by atoms with van der Waals surface area (Å²) in [4.78, 5) is 6.95. The topological polar surface area (TPSA) is 48.1 Å². The maximum Gasteiger partial charge on any atom is 0.118 e. The van der Waals surface area contributed by atoms with Crippen molar-refractivity contribution in [2.45, 2.75) is 46.3 Å². The zero-order valence-electron chi connectivity index (χ0n) is 17.9. The number of aromatic nitrogens is 4. The smallest absolute Gasteiger partial charge is 0.118 e. The van der Waals surface area contributed by atoms with Crippen molar-refractivity contribution in [1.29, 1.82) is 0 Å². The summed E-state index contributed by atoms with van der Waals surface area (Å²) in [6.45, 7) is 8.21. The predicted octanol–water partition coefficient (Wildman–Crippen LogP) is 3.45. The van der Waals surface area contributed by atoms with Crippen molar-refractivity contribution in [1.82, 2.24) is 24.2 Å². The third-order valence-electron chi connectivity index (χ3n) is 6.07. The highest BCUT2D eigenvalue weighted by atomic mass is 16.5. The summed E-state index contributed by atoms with van der Waals surface area (Å²) in [6, 6.07) is 8.22. The molecule has 1 unspecified atom stereocenters. The molecule has 0 amide bonds. The minimum Gasteiger partial charge on any atom is -0.497 e. The lowest BCUT2D eigenvalue weighted by Crippen LogP contribution is -2.31. The first-order valence-corrected chi connectivity index (χ1v) is 10.4. The first-order chi connectivity index (χ1) is 14.0. The molecule has 0 saturated carbocycles. The molecular formula is C23H31N5O. The van der Waals surface area contributed by atoms with E-state index in [1.807, 2.05) is 18.3 Å². The summed E-state index contributed by atoms with van der Waals surface area (Å²) < 4.78 is 9.66. The van der Waals surface area contributed by atoms with Gasteiger partial charge in [-0.3, -0.25) is 4.68 Å². The number of hydrogen-bond acceptors (Lipinski definition) is 4. The minimum absolute atomic E-state index is 0.671. The Hall–Kier alpha value is -2.60. The van der Waals surface area contributed by atoms with E-state index in [2.05, 4.69) is 58.4 Å². The number of fused-ring (bicyclic) bond motifs is 1. The molecular weight excluding hydrogens is 362 g/mol. The summed E-state index contributed by atoms with van der Waals surface area (Å²) in [7, 11) is 3.92. The van der Waals surface area contributed by atoms with Gasteiger partial charge in [-0.1, -0.05) is 12.1 Å². The Morgan fingerprint density at radius 3 is 2.76 bits per heavy atom. The third-order valence-corrected chi connectivity index (χ3v) is 6.07. The first-order valence-electron chi connectivity index (χ1n) is 10.4. The van der Waals surface area contributed by atoms with E-state index in [1.165, 1.54) is 29.1 Å². The molecule has 0 saturated heterocycles. The average molecular weight is 394 g/mol. The van der Waals surface area contributed by atoms with E-state index in [9.17, 15) is 0 Å². The van der Waals surface area contributed by atoms with Crippen LogP contribution in [0.2, 0.25) is 0 Å². The fourth-order valence-corrected chi connectivity index (χ4v) is 4.37. The molecule has 0 radical (unpaired) electrons. The number of ether oxygens (including phenoxy) is 1. The van der Waals surface area contributed by atoms with Crippen molar-refractivity contribution in [3.63, 3.8) is 0 Å². The third kappa shape index (κ3) is 4.37. The van der Waals surface area contributed by atoms with E-state index >= 15 is 0 Å². The Morgan fingerprint density at radius 1 is 1.21 bits per heavy atom. The van der Waals surface area contributed by atoms with Crippen LogP contribution >= 0.6 is 0 Å². The quantitative estimate of drug-likeness (QED) is 0.617. The lowest BCUT2D eigenvalue weighted by Gasteiger charge is -2.27. The summed E-state index contributed by atoms with van der Waals surface area (Å²) in [5.41, 5.74) is 4.96. The molecule has 3 aromatic rings. The maximum absolute atomic E-state index is 5.25. The van der Waals surface area contributed by atoms with Gasteiger partial charge in [0.15, 0.2) is 0 Å². The van der Waals surface area contributed by atoms with Crippen LogP contribution in [0.4, 0.5) is 0 Å². The van der Waals surface area contributed by atoms with Crippen molar-refractivity contribution in [2.24, 2.45) is 5.92 Å². The molecule has 0 bridgehead atoms. The number of imidazole rings is 1. The van der Waals surface area contributed by atoms with Gasteiger partial charge in [0.2, 0.25) is 0 Å². The Morgan fingerprint density at radius 2 is 2.00 bits per heavy atom. The monoisotopic (exact) mass is 393 g/mol. The fourth-order valence-electron chi connectivity index (χ4n) is 4.37. The number of aryl methyl sites for hydroxylation is 2. The van der Waals surface area contributed by atoms with Crippen LogP contribution in [0, 0.1) is 19.8 Å². The van der Waals surface area contributed by atoms with E-state index in [0.717, 1.165) is 44.0 Å². The van der Waals surface area contributed by atoms with Gasteiger partial charge in [0.05, 0.1) is 19.3 Å². The zero-order valence-corrected chi connectivity index (χ0v) is 17.9. The Kier molecular flexibility index (Phi) is 5.72. The van der Waals surface area contributed by atoms with Crippen molar-refractivity contribution in [2.75, 3.05) is 20.7 Å². The highest BCUT2D eigenvalue weighted by Gasteiger charge is 2.21. The molecule has 1 aliphatic rings. The standard InChI is InChI=1S/C23H31N5O/c1-17-22(16-26(3)14-20-9-11-27-12-10-24-23(27)13-20)18(2)28(25-17)15-19-5-7-21(29-4)8-6-19/h5-8,10,12,20H,9,11,13-16H2,1-4H3. The van der Waals surface area contributed by atoms with E-state index in [1.54, 1.807) is 7.11 Å². The van der Waals surface area contributed by atoms with Crippen LogP contribution in [0.15, 0.2) is 36.7 Å². The van der Waals surface area contributed by atoms with Crippen LogP contribution in [0.1, 0.15) is 34.8 Å². The molecule has 0 N–H and O–H groups in total. The van der Waals surface area contributed by atoms with E-state index in [0.29, 0.717) is 5.92 Å². The predicted molar refractivity (Wildman–Crippen MR) is 114 cm³/mol. The zero-order chi connectivity index (χ0) is 20.4. The van der Waals surface area contributed by atoms with Gasteiger partial charge in [0, 0.05) is 49.7 Å². The van der Waals surface area contributed by atoms with Crippen LogP contribution in [-0.4, -0.2) is 44.9 Å². The molecule has 154 valence electrons. The largest absolute Gasteiger partial charge is 0.497 e. The first kappa shape index (κ1) is 19.7. The van der Waals surface area contributed by atoms with Crippen molar-refractivity contribution < 1.29 is 4.74 Å². The molecule has 1 aliphatic heterocycles. The second kappa shape index (κ2) is 8.41. The van der Waals surface area contributed by atoms with Crippen LogP contribution in [0.5, 0.6) is 5.75 Å². The van der Waals surface area contributed by atoms with E-state index in [4.69, 9.17) is 9.84 Å². The van der Waals surface area contributed by atoms with Gasteiger partial charge in [-0.05, 0) is 50.9 Å². The molecule has 4 rings (SSSR count). The summed E-state index contributed by atoms with van der Waals surface area (Å²) in [5.74, 6) is 2.79. The number of rotatable bonds is 7. The average Bonchev–Trinajstić information content (AvgIpc) is 3.28. The summed E-state index contributed by atoms with van der Waals surface area (Å²) >= 11 is 0. The lowest BCUT2D eigenvalue weighted by molar-refractivity contribution is 0.237. The molecule has 6 nitrogen and oxygen atoms in total. The summed E-state index contributed by atoms with van der Waals surface area (Å²) in [5, 5.41) is 4.82. The second-order valence-corrected chi connectivity index (χ2v) is 8.25. The SMILES string of the molecule is COc1ccc(Cn2nc(C)c(CN(C)CC3CCn4ccnc4C3)c2C)cc1. The van der Waals surface area contributed by atoms with Gasteiger partial charge in [-0.25, -0.2) is 4.98 Å². The molecule has 1 atom stereocenters. The molecule has 3 heterocycles. The second-order valence-electron chi connectivity index (χ2n) is 8.25. The highest BCUT2D eigenvalue weighted by molar-refractivity contribution is 5.29. The molecule has 1 aromatic carbocycles. The van der Waals surface area contributed by atoms with Gasteiger partial charge in [-0.15, -0.1) is 0 Å². The van der Waals surface area contributed by atoms with E-state index in [-0.39, 0.29) is 0 Å². The van der Waals surface area contributed by atoms with Gasteiger partial charge < -0.3 is 14.2 Å². The Balaban J connectivity index is 1.39. The van der Waals surface area contributed by atoms with Gasteiger partial charge in [0.25, 0.3) is 0 Å². The normalized spacial score (nSPS) is 16.2. The minimum atomic E-state index is 0.671. The molecule has 0 aliphatic carbocycles. The summed E-state index contributed by atoms with van der Waals surface area (Å²) in [6.07, 6.45) is 6.32. The van der Waals surface area contributed by atoms with Gasteiger partial charge >= 0.3 is 0 Å². The van der Waals surface area contributed by atoms with Crippen LogP contribution in [0.3, 0.4) is 0 Å². The molecule has 2 aromatic heterocycles. The van der Waals surface area contributed by atoms with Crippen molar-refractivity contribution >= 4 is 0 Å². The molecule has 6 heteroatoms. The fraction of sp³-hybridized carbons (Fsp3) is 0.478. The number of benzene rings is 1. The highest BCUT2D eigenvalue weighted by Crippen LogP contribution is 2.22. The van der Waals surface area contributed by atoms with Gasteiger partial charge in [0.1, 0.15) is 11.6 Å². The molecule has 29 heavy (non-hydrogen) atoms. The molecule has 0 fully saturated rings. The van der Waals surface area contributed by atoms with E-state index < -0.39 is 0 Å². The Bertz CT molecular complexity index is 956. The van der Waals surface area contributed by atoms with Gasteiger partial charge in [-0.2, -0.15) is 5.10 Å². The maximum atomic E-state index is 5.25. The van der Waals surface area contributed by atoms with Crippen LogP contribution in [-0.2, 0) is 26.1 Å². The Labute approximate surface area is 173 Å². The number of hydrogen-bond donors (Lipinski definition) is 0. The lowest BCUT2D eigenvalue weighted by atomic mass is 9.97. The van der Waals surface area contributed by atoms with Crippen molar-refractivity contribution in [3.8, 4) is 5.75 Å².